The van der Waals surface area contributed by atoms with E-state index < -0.39 is 11.7 Å². The van der Waals surface area contributed by atoms with Crippen LogP contribution in [0, 0.1) is 6.92 Å². The quantitative estimate of drug-likeness (QED) is 0.443. The van der Waals surface area contributed by atoms with Gasteiger partial charge in [-0.25, -0.2) is 9.37 Å². The van der Waals surface area contributed by atoms with Gasteiger partial charge >= 0.3 is 0 Å². The summed E-state index contributed by atoms with van der Waals surface area (Å²) >= 11 is 9.63. The van der Waals surface area contributed by atoms with Crippen LogP contribution in [0.5, 0.6) is 17.2 Å². The zero-order valence-electron chi connectivity index (χ0n) is 16.1. The highest BCUT2D eigenvalue weighted by Gasteiger charge is 2.21. The van der Waals surface area contributed by atoms with Crippen molar-refractivity contribution in [1.29, 1.82) is 0 Å². The van der Waals surface area contributed by atoms with Gasteiger partial charge in [0.05, 0.1) is 25.0 Å². The molecule has 0 saturated heterocycles. The Labute approximate surface area is 181 Å². The van der Waals surface area contributed by atoms with Crippen molar-refractivity contribution in [2.24, 2.45) is 0 Å². The van der Waals surface area contributed by atoms with Crippen LogP contribution in [0.2, 0.25) is 5.02 Å². The standard InChI is InChI=1S/C21H19BrClFN2O3/c1-12-8-15(22)9-17(23)19(12)29-20-18(13(2)24)25-11-26(21(20)27)10-14-4-6-16(28-3)7-5-14/h4-9,11,13H,10H2,1-3H3. The number of benzene rings is 2. The van der Waals surface area contributed by atoms with Gasteiger partial charge in [-0.3, -0.25) is 9.36 Å². The summed E-state index contributed by atoms with van der Waals surface area (Å²) in [5.41, 5.74) is 0.999. The number of halogens is 3. The maximum Gasteiger partial charge on any atom is 0.297 e. The van der Waals surface area contributed by atoms with Gasteiger partial charge in [0.2, 0.25) is 5.75 Å². The van der Waals surface area contributed by atoms with Crippen molar-refractivity contribution in [3.63, 3.8) is 0 Å². The Bertz CT molecular complexity index is 1060. The number of methoxy groups -OCH3 is 1. The minimum atomic E-state index is -1.48. The molecule has 0 fully saturated rings. The summed E-state index contributed by atoms with van der Waals surface area (Å²) in [6.07, 6.45) is -0.163. The van der Waals surface area contributed by atoms with E-state index in [-0.39, 0.29) is 23.7 Å². The second-order valence-corrected chi connectivity index (χ2v) is 7.81. The van der Waals surface area contributed by atoms with Crippen LogP contribution in [-0.4, -0.2) is 16.7 Å². The summed E-state index contributed by atoms with van der Waals surface area (Å²) in [5.74, 6) is 0.825. The molecule has 1 heterocycles. The van der Waals surface area contributed by atoms with Gasteiger partial charge in [0.25, 0.3) is 5.56 Å². The number of nitrogens with zero attached hydrogens (tertiary/aromatic N) is 2. The highest BCUT2D eigenvalue weighted by molar-refractivity contribution is 9.10. The lowest BCUT2D eigenvalue weighted by Crippen LogP contribution is -2.24. The van der Waals surface area contributed by atoms with Gasteiger partial charge in [-0.15, -0.1) is 0 Å². The van der Waals surface area contributed by atoms with Crippen molar-refractivity contribution >= 4 is 27.5 Å². The van der Waals surface area contributed by atoms with Crippen LogP contribution in [-0.2, 0) is 6.54 Å². The first kappa shape index (κ1) is 21.3. The van der Waals surface area contributed by atoms with Gasteiger partial charge in [-0.2, -0.15) is 0 Å². The molecule has 8 heteroatoms. The Balaban J connectivity index is 2.03. The van der Waals surface area contributed by atoms with Crippen LogP contribution in [0.15, 0.2) is 52.0 Å². The van der Waals surface area contributed by atoms with Crippen LogP contribution in [0.3, 0.4) is 0 Å². The molecule has 0 aliphatic carbocycles. The lowest BCUT2D eigenvalue weighted by Gasteiger charge is -2.16. The van der Waals surface area contributed by atoms with Crippen LogP contribution < -0.4 is 15.0 Å². The Hall–Kier alpha value is -2.38. The lowest BCUT2D eigenvalue weighted by atomic mass is 10.2. The van der Waals surface area contributed by atoms with E-state index in [1.165, 1.54) is 17.8 Å². The van der Waals surface area contributed by atoms with E-state index in [4.69, 9.17) is 21.1 Å². The molecule has 0 bridgehead atoms. The summed E-state index contributed by atoms with van der Waals surface area (Å²) in [6, 6.07) is 10.7. The predicted octanol–water partition coefficient (Wildman–Crippen LogP) is 5.85. The monoisotopic (exact) mass is 480 g/mol. The molecule has 0 spiro atoms. The second kappa shape index (κ2) is 8.97. The van der Waals surface area contributed by atoms with E-state index >= 15 is 0 Å². The molecule has 0 aliphatic rings. The third kappa shape index (κ3) is 4.79. The molecule has 5 nitrogen and oxygen atoms in total. The highest BCUT2D eigenvalue weighted by atomic mass is 79.9. The molecule has 1 unspecified atom stereocenters. The van der Waals surface area contributed by atoms with Crippen LogP contribution in [0.1, 0.15) is 29.9 Å². The van der Waals surface area contributed by atoms with E-state index in [0.717, 1.165) is 10.0 Å². The van der Waals surface area contributed by atoms with Gasteiger partial charge in [-0.1, -0.05) is 39.7 Å². The number of aryl methyl sites for hydroxylation is 1. The SMILES string of the molecule is COc1ccc(Cn2cnc(C(C)F)c(Oc3c(C)cc(Br)cc3Cl)c2=O)cc1. The van der Waals surface area contributed by atoms with Crippen molar-refractivity contribution in [3.8, 4) is 17.2 Å². The van der Waals surface area contributed by atoms with Crippen LogP contribution in [0.25, 0.3) is 0 Å². The molecular formula is C21H19BrClFN2O3. The van der Waals surface area contributed by atoms with Gasteiger partial charge in [0.1, 0.15) is 23.4 Å². The summed E-state index contributed by atoms with van der Waals surface area (Å²) in [6.45, 7) is 3.34. The van der Waals surface area contributed by atoms with Gasteiger partial charge in [0, 0.05) is 4.47 Å². The summed E-state index contributed by atoms with van der Waals surface area (Å²) in [7, 11) is 1.58. The maximum absolute atomic E-state index is 14.1. The summed E-state index contributed by atoms with van der Waals surface area (Å²) in [5, 5.41) is 0.305. The number of hydrogen-bond donors (Lipinski definition) is 0. The average Bonchev–Trinajstić information content (AvgIpc) is 2.67. The molecule has 2 aromatic carbocycles. The molecule has 1 atom stereocenters. The number of hydrogen-bond acceptors (Lipinski definition) is 4. The first-order valence-corrected chi connectivity index (χ1v) is 9.97. The molecule has 3 aromatic rings. The van der Waals surface area contributed by atoms with Crippen molar-refractivity contribution in [1.82, 2.24) is 9.55 Å². The number of ether oxygens (including phenoxy) is 2. The molecule has 0 saturated carbocycles. The highest BCUT2D eigenvalue weighted by Crippen LogP contribution is 2.36. The van der Waals surface area contributed by atoms with Gasteiger partial charge in [0.15, 0.2) is 0 Å². The van der Waals surface area contributed by atoms with E-state index in [2.05, 4.69) is 20.9 Å². The second-order valence-electron chi connectivity index (χ2n) is 6.49. The molecule has 3 rings (SSSR count). The van der Waals surface area contributed by atoms with E-state index in [1.807, 2.05) is 12.1 Å². The van der Waals surface area contributed by atoms with E-state index in [1.54, 1.807) is 38.3 Å². The topological polar surface area (TPSA) is 53.4 Å². The first-order valence-electron chi connectivity index (χ1n) is 8.80. The average molecular weight is 482 g/mol. The molecule has 152 valence electrons. The molecule has 0 aliphatic heterocycles. The fourth-order valence-corrected chi connectivity index (χ4v) is 3.83. The molecule has 29 heavy (non-hydrogen) atoms. The fraction of sp³-hybridized carbons (Fsp3) is 0.238. The molecule has 0 N–H and O–H groups in total. The van der Waals surface area contributed by atoms with Crippen LogP contribution >= 0.6 is 27.5 Å². The first-order chi connectivity index (χ1) is 13.8. The Morgan fingerprint density at radius 2 is 1.93 bits per heavy atom. The van der Waals surface area contributed by atoms with Crippen molar-refractivity contribution < 1.29 is 13.9 Å². The summed E-state index contributed by atoms with van der Waals surface area (Å²) in [4.78, 5) is 17.2. The summed E-state index contributed by atoms with van der Waals surface area (Å²) < 4.78 is 27.2. The lowest BCUT2D eigenvalue weighted by molar-refractivity contribution is 0.344. The maximum atomic E-state index is 14.1. The zero-order chi connectivity index (χ0) is 21.1. The number of alkyl halides is 1. The number of aromatic nitrogens is 2. The van der Waals surface area contributed by atoms with E-state index in [9.17, 15) is 9.18 Å². The molecule has 1 aromatic heterocycles. The Kier molecular flexibility index (Phi) is 6.59. The number of rotatable bonds is 6. The Morgan fingerprint density at radius 3 is 2.52 bits per heavy atom. The van der Waals surface area contributed by atoms with Gasteiger partial charge in [-0.05, 0) is 49.2 Å². The largest absolute Gasteiger partial charge is 0.497 e. The normalized spacial score (nSPS) is 11.9. The minimum Gasteiger partial charge on any atom is -0.497 e. The third-order valence-electron chi connectivity index (χ3n) is 4.31. The van der Waals surface area contributed by atoms with Crippen molar-refractivity contribution in [2.75, 3.05) is 7.11 Å². The molecule has 0 amide bonds. The van der Waals surface area contributed by atoms with Crippen molar-refractivity contribution in [2.45, 2.75) is 26.6 Å². The third-order valence-corrected chi connectivity index (χ3v) is 5.05. The van der Waals surface area contributed by atoms with Crippen molar-refractivity contribution in [3.05, 3.63) is 79.4 Å². The van der Waals surface area contributed by atoms with Crippen LogP contribution in [0.4, 0.5) is 4.39 Å². The fourth-order valence-electron chi connectivity index (χ4n) is 2.82. The Morgan fingerprint density at radius 1 is 1.24 bits per heavy atom. The predicted molar refractivity (Wildman–Crippen MR) is 114 cm³/mol. The van der Waals surface area contributed by atoms with E-state index in [0.29, 0.717) is 16.3 Å². The molecule has 0 radical (unpaired) electrons. The zero-order valence-corrected chi connectivity index (χ0v) is 18.4. The minimum absolute atomic E-state index is 0.0700. The smallest absolute Gasteiger partial charge is 0.297 e. The molecular weight excluding hydrogens is 463 g/mol. The van der Waals surface area contributed by atoms with Gasteiger partial charge < -0.3 is 9.47 Å².